The van der Waals surface area contributed by atoms with Gasteiger partial charge in [-0.3, -0.25) is 0 Å². The summed E-state index contributed by atoms with van der Waals surface area (Å²) in [6, 6.07) is 2.55. The first-order valence-corrected chi connectivity index (χ1v) is 8.02. The molecule has 3 unspecified atom stereocenters. The lowest BCUT2D eigenvalue weighted by atomic mass is 10.2. The predicted octanol–water partition coefficient (Wildman–Crippen LogP) is 4.85. The maximum absolute atomic E-state index is 6.29. The zero-order chi connectivity index (χ0) is 13.6. The van der Waals surface area contributed by atoms with E-state index in [0.29, 0.717) is 6.04 Å². The monoisotopic (exact) mass is 341 g/mol. The van der Waals surface area contributed by atoms with Crippen molar-refractivity contribution in [2.45, 2.75) is 44.5 Å². The smallest absolute Gasteiger partial charge is 0.160 e. The normalized spacial score (nSPS) is 23.8. The number of fused-ring (bicyclic) bond motifs is 1. The second-order valence-corrected chi connectivity index (χ2v) is 6.87. The standard InChI is InChI=1S/C14H17BrClN3/c1-3-4-9-5-12(9)19-13(8(2)16)18-11-6-10(15)7-17-14(11)19/h6-9,12H,3-5H2,1-2H3. The molecule has 0 N–H and O–H groups in total. The van der Waals surface area contributed by atoms with Gasteiger partial charge in [0.2, 0.25) is 0 Å². The van der Waals surface area contributed by atoms with Crippen LogP contribution in [-0.4, -0.2) is 14.5 Å². The third-order valence-corrected chi connectivity index (χ3v) is 4.38. The van der Waals surface area contributed by atoms with Crippen molar-refractivity contribution in [2.24, 2.45) is 5.92 Å². The summed E-state index contributed by atoms with van der Waals surface area (Å²) in [5, 5.41) is -0.0872. The number of imidazole rings is 1. The van der Waals surface area contributed by atoms with Gasteiger partial charge in [-0.2, -0.15) is 0 Å². The lowest BCUT2D eigenvalue weighted by Crippen LogP contribution is -2.04. The van der Waals surface area contributed by atoms with Crippen LogP contribution >= 0.6 is 27.5 Å². The van der Waals surface area contributed by atoms with Crippen LogP contribution < -0.4 is 0 Å². The highest BCUT2D eigenvalue weighted by Gasteiger charge is 2.40. The van der Waals surface area contributed by atoms with Crippen molar-refractivity contribution in [2.75, 3.05) is 0 Å². The van der Waals surface area contributed by atoms with E-state index in [2.05, 4.69) is 37.4 Å². The molecule has 2 aromatic rings. The summed E-state index contributed by atoms with van der Waals surface area (Å²) in [6.45, 7) is 4.22. The number of aromatic nitrogens is 3. The molecule has 1 fully saturated rings. The average Bonchev–Trinajstić information content (AvgIpc) is 3.00. The molecule has 2 heterocycles. The van der Waals surface area contributed by atoms with E-state index < -0.39 is 0 Å². The van der Waals surface area contributed by atoms with Crippen LogP contribution in [-0.2, 0) is 0 Å². The van der Waals surface area contributed by atoms with Gasteiger partial charge in [-0.15, -0.1) is 11.6 Å². The Balaban J connectivity index is 2.08. The molecular formula is C14H17BrClN3. The van der Waals surface area contributed by atoms with Gasteiger partial charge in [0, 0.05) is 16.7 Å². The van der Waals surface area contributed by atoms with Crippen LogP contribution in [0.3, 0.4) is 0 Å². The van der Waals surface area contributed by atoms with Gasteiger partial charge in [0.1, 0.15) is 11.3 Å². The van der Waals surface area contributed by atoms with Crippen LogP contribution in [0.15, 0.2) is 16.7 Å². The molecule has 0 bridgehead atoms. The van der Waals surface area contributed by atoms with E-state index in [1.165, 1.54) is 19.3 Å². The Kier molecular flexibility index (Phi) is 3.56. The Morgan fingerprint density at radius 2 is 2.37 bits per heavy atom. The van der Waals surface area contributed by atoms with E-state index in [1.54, 1.807) is 0 Å². The summed E-state index contributed by atoms with van der Waals surface area (Å²) in [4.78, 5) is 9.20. The van der Waals surface area contributed by atoms with E-state index in [0.717, 1.165) is 27.4 Å². The van der Waals surface area contributed by atoms with Crippen LogP contribution in [0.4, 0.5) is 0 Å². The lowest BCUT2D eigenvalue weighted by molar-refractivity contribution is 0.595. The molecule has 0 radical (unpaired) electrons. The van der Waals surface area contributed by atoms with Crippen molar-refractivity contribution in [3.05, 3.63) is 22.6 Å². The summed E-state index contributed by atoms with van der Waals surface area (Å²) in [6.07, 6.45) is 5.57. The molecule has 19 heavy (non-hydrogen) atoms. The highest BCUT2D eigenvalue weighted by molar-refractivity contribution is 9.10. The molecule has 0 aromatic carbocycles. The number of hydrogen-bond donors (Lipinski definition) is 0. The molecule has 0 spiro atoms. The fourth-order valence-corrected chi connectivity index (χ4v) is 3.28. The second kappa shape index (κ2) is 5.06. The molecule has 1 aliphatic carbocycles. The highest BCUT2D eigenvalue weighted by Crippen LogP contribution is 2.49. The molecular weight excluding hydrogens is 326 g/mol. The highest BCUT2D eigenvalue weighted by atomic mass is 79.9. The molecule has 2 aromatic heterocycles. The summed E-state index contributed by atoms with van der Waals surface area (Å²) in [5.74, 6) is 1.72. The van der Waals surface area contributed by atoms with Gasteiger partial charge < -0.3 is 4.57 Å². The fourth-order valence-electron chi connectivity index (χ4n) is 2.81. The lowest BCUT2D eigenvalue weighted by Gasteiger charge is -2.09. The summed E-state index contributed by atoms with van der Waals surface area (Å²) in [7, 11) is 0. The maximum atomic E-state index is 6.29. The Bertz CT molecular complexity index is 608. The van der Waals surface area contributed by atoms with Gasteiger partial charge in [0.15, 0.2) is 5.65 Å². The van der Waals surface area contributed by atoms with Gasteiger partial charge in [0.25, 0.3) is 0 Å². The maximum Gasteiger partial charge on any atom is 0.160 e. The molecule has 1 aliphatic rings. The molecule has 3 atom stereocenters. The summed E-state index contributed by atoms with van der Waals surface area (Å²) >= 11 is 9.74. The zero-order valence-electron chi connectivity index (χ0n) is 11.1. The van der Waals surface area contributed by atoms with Crippen molar-refractivity contribution in [3.8, 4) is 0 Å². The molecule has 1 saturated carbocycles. The first-order valence-electron chi connectivity index (χ1n) is 6.79. The zero-order valence-corrected chi connectivity index (χ0v) is 13.4. The van der Waals surface area contributed by atoms with Crippen molar-refractivity contribution in [3.63, 3.8) is 0 Å². The van der Waals surface area contributed by atoms with Gasteiger partial charge in [-0.1, -0.05) is 13.3 Å². The van der Waals surface area contributed by atoms with E-state index in [4.69, 9.17) is 11.6 Å². The first-order chi connectivity index (χ1) is 9.11. The van der Waals surface area contributed by atoms with Gasteiger partial charge in [0.05, 0.1) is 5.38 Å². The van der Waals surface area contributed by atoms with E-state index in [1.807, 2.05) is 19.2 Å². The minimum absolute atomic E-state index is 0.0872. The number of hydrogen-bond acceptors (Lipinski definition) is 2. The first kappa shape index (κ1) is 13.4. The Labute approximate surface area is 126 Å². The molecule has 0 amide bonds. The van der Waals surface area contributed by atoms with Crippen molar-refractivity contribution >= 4 is 38.7 Å². The van der Waals surface area contributed by atoms with Gasteiger partial charge in [-0.25, -0.2) is 9.97 Å². The van der Waals surface area contributed by atoms with Crippen molar-refractivity contribution in [1.82, 2.24) is 14.5 Å². The molecule has 102 valence electrons. The van der Waals surface area contributed by atoms with Gasteiger partial charge >= 0.3 is 0 Å². The number of rotatable bonds is 4. The van der Waals surface area contributed by atoms with Crippen LogP contribution in [0, 0.1) is 5.92 Å². The quantitative estimate of drug-likeness (QED) is 0.743. The van der Waals surface area contributed by atoms with Gasteiger partial charge in [-0.05, 0) is 47.7 Å². The minimum atomic E-state index is -0.0872. The summed E-state index contributed by atoms with van der Waals surface area (Å²) in [5.41, 5.74) is 1.90. The third kappa shape index (κ3) is 2.40. The average molecular weight is 343 g/mol. The van der Waals surface area contributed by atoms with Crippen LogP contribution in [0.5, 0.6) is 0 Å². The number of alkyl halides is 1. The Hall–Kier alpha value is -0.610. The van der Waals surface area contributed by atoms with Crippen LogP contribution in [0.2, 0.25) is 0 Å². The SMILES string of the molecule is CCCC1CC1n1c(C(C)Cl)nc2cc(Br)cnc21. The fraction of sp³-hybridized carbons (Fsp3) is 0.571. The largest absolute Gasteiger partial charge is 0.308 e. The van der Waals surface area contributed by atoms with E-state index in [-0.39, 0.29) is 5.38 Å². The van der Waals surface area contributed by atoms with Crippen molar-refractivity contribution < 1.29 is 0 Å². The minimum Gasteiger partial charge on any atom is -0.308 e. The molecule has 3 nitrogen and oxygen atoms in total. The predicted molar refractivity (Wildman–Crippen MR) is 81.5 cm³/mol. The number of halogens is 2. The van der Waals surface area contributed by atoms with Crippen LogP contribution in [0.1, 0.15) is 50.4 Å². The molecule has 3 rings (SSSR count). The third-order valence-electron chi connectivity index (χ3n) is 3.76. The summed E-state index contributed by atoms with van der Waals surface area (Å²) < 4.78 is 3.22. The Morgan fingerprint density at radius 1 is 1.58 bits per heavy atom. The topological polar surface area (TPSA) is 30.7 Å². The van der Waals surface area contributed by atoms with E-state index in [9.17, 15) is 0 Å². The number of nitrogens with zero attached hydrogens (tertiary/aromatic N) is 3. The van der Waals surface area contributed by atoms with Crippen LogP contribution in [0.25, 0.3) is 11.2 Å². The van der Waals surface area contributed by atoms with E-state index >= 15 is 0 Å². The number of pyridine rings is 1. The molecule has 5 heteroatoms. The molecule has 0 saturated heterocycles. The molecule has 0 aliphatic heterocycles. The Morgan fingerprint density at radius 3 is 3.05 bits per heavy atom. The second-order valence-electron chi connectivity index (χ2n) is 5.30. The van der Waals surface area contributed by atoms with Crippen molar-refractivity contribution in [1.29, 1.82) is 0 Å².